The zero-order chi connectivity index (χ0) is 23.8. The van der Waals surface area contributed by atoms with Crippen molar-refractivity contribution < 1.29 is 27.6 Å². The molecule has 1 amide bonds. The van der Waals surface area contributed by atoms with Crippen molar-refractivity contribution in [2.24, 2.45) is 0 Å². The molecule has 0 fully saturated rings. The number of amides is 1. The summed E-state index contributed by atoms with van der Waals surface area (Å²) in [6.45, 7) is 0.350. The third kappa shape index (κ3) is 6.20. The van der Waals surface area contributed by atoms with E-state index in [0.717, 1.165) is 6.07 Å². The Bertz CT molecular complexity index is 1260. The minimum Gasteiger partial charge on any atom is -0.497 e. The zero-order valence-electron chi connectivity index (χ0n) is 17.6. The summed E-state index contributed by atoms with van der Waals surface area (Å²) in [5.41, 5.74) is -0.233. The first-order chi connectivity index (χ1) is 15.8. The van der Waals surface area contributed by atoms with Crippen LogP contribution in [0.25, 0.3) is 0 Å². The predicted octanol–water partition coefficient (Wildman–Crippen LogP) is 3.21. The summed E-state index contributed by atoms with van der Waals surface area (Å²) in [5.74, 6) is 0.705. The van der Waals surface area contributed by atoms with E-state index in [1.54, 1.807) is 43.5 Å². The van der Waals surface area contributed by atoms with Crippen molar-refractivity contribution in [1.82, 2.24) is 5.32 Å². The molecule has 2 N–H and O–H groups in total. The molecule has 11 heteroatoms. The fourth-order valence-corrected chi connectivity index (χ4v) is 3.98. The van der Waals surface area contributed by atoms with Gasteiger partial charge in [0.2, 0.25) is 0 Å². The Balaban J connectivity index is 1.66. The molecule has 0 spiro atoms. The zero-order valence-corrected chi connectivity index (χ0v) is 18.4. The van der Waals surface area contributed by atoms with Gasteiger partial charge < -0.3 is 14.8 Å². The third-order valence-corrected chi connectivity index (χ3v) is 5.82. The third-order valence-electron chi connectivity index (χ3n) is 4.45. The van der Waals surface area contributed by atoms with Gasteiger partial charge in [-0.3, -0.25) is 19.6 Å². The summed E-state index contributed by atoms with van der Waals surface area (Å²) >= 11 is 0. The summed E-state index contributed by atoms with van der Waals surface area (Å²) in [5, 5.41) is 13.6. The van der Waals surface area contributed by atoms with Crippen LogP contribution in [0.15, 0.2) is 77.7 Å². The number of anilines is 1. The van der Waals surface area contributed by atoms with Crippen molar-refractivity contribution in [3.63, 3.8) is 0 Å². The van der Waals surface area contributed by atoms with Crippen LogP contribution in [-0.2, 0) is 10.0 Å². The summed E-state index contributed by atoms with van der Waals surface area (Å²) in [6.07, 6.45) is 0. The average molecular weight is 471 g/mol. The van der Waals surface area contributed by atoms with Gasteiger partial charge >= 0.3 is 0 Å². The number of para-hydroxylation sites is 1. The number of non-ortho nitro benzene ring substituents is 1. The average Bonchev–Trinajstić information content (AvgIpc) is 2.82. The maximum Gasteiger partial charge on any atom is 0.270 e. The Morgan fingerprint density at radius 2 is 1.73 bits per heavy atom. The smallest absolute Gasteiger partial charge is 0.270 e. The fraction of sp³-hybridized carbons (Fsp3) is 0.136. The first-order valence-corrected chi connectivity index (χ1v) is 11.2. The van der Waals surface area contributed by atoms with Crippen molar-refractivity contribution in [3.8, 4) is 11.5 Å². The van der Waals surface area contributed by atoms with Gasteiger partial charge in [-0.1, -0.05) is 24.3 Å². The lowest BCUT2D eigenvalue weighted by molar-refractivity contribution is -0.385. The molecule has 0 bridgehead atoms. The van der Waals surface area contributed by atoms with Crippen LogP contribution in [0.5, 0.6) is 11.5 Å². The number of rotatable bonds is 10. The molecule has 0 aromatic heterocycles. The van der Waals surface area contributed by atoms with Gasteiger partial charge in [0.25, 0.3) is 21.6 Å². The van der Waals surface area contributed by atoms with Crippen LogP contribution < -0.4 is 19.5 Å². The molecule has 0 unspecified atom stereocenters. The number of ether oxygens (including phenoxy) is 2. The van der Waals surface area contributed by atoms with Crippen LogP contribution in [0.1, 0.15) is 10.4 Å². The second-order valence-corrected chi connectivity index (χ2v) is 8.37. The van der Waals surface area contributed by atoms with Crippen LogP contribution in [-0.4, -0.2) is 39.5 Å². The molecule has 10 nitrogen and oxygen atoms in total. The maximum atomic E-state index is 12.7. The molecule has 0 aliphatic heterocycles. The lowest BCUT2D eigenvalue weighted by Crippen LogP contribution is -2.29. The van der Waals surface area contributed by atoms with E-state index in [9.17, 15) is 23.3 Å². The molecule has 3 aromatic carbocycles. The SMILES string of the molecule is COc1cccc(OCCNC(=O)c2ccccc2NS(=O)(=O)c2cccc([N+](=O)[O-])c2)c1. The molecule has 172 valence electrons. The highest BCUT2D eigenvalue weighted by atomic mass is 32.2. The molecule has 0 heterocycles. The van der Waals surface area contributed by atoms with E-state index < -0.39 is 20.9 Å². The number of sulfonamides is 1. The Hall–Kier alpha value is -4.12. The molecular weight excluding hydrogens is 450 g/mol. The first-order valence-electron chi connectivity index (χ1n) is 9.71. The number of carbonyl (C=O) groups excluding carboxylic acids is 1. The van der Waals surface area contributed by atoms with Crippen LogP contribution >= 0.6 is 0 Å². The van der Waals surface area contributed by atoms with E-state index >= 15 is 0 Å². The van der Waals surface area contributed by atoms with Gasteiger partial charge in [0.15, 0.2) is 0 Å². The van der Waals surface area contributed by atoms with Gasteiger partial charge in [-0.2, -0.15) is 0 Å². The quantitative estimate of drug-likeness (QED) is 0.263. The summed E-state index contributed by atoms with van der Waals surface area (Å²) in [4.78, 5) is 22.6. The van der Waals surface area contributed by atoms with Crippen molar-refractivity contribution in [3.05, 3.63) is 88.5 Å². The summed E-state index contributed by atoms with van der Waals surface area (Å²) in [7, 11) is -2.62. The van der Waals surface area contributed by atoms with Crippen LogP contribution in [0.4, 0.5) is 11.4 Å². The number of nitro groups is 1. The fourth-order valence-electron chi connectivity index (χ4n) is 2.86. The highest BCUT2D eigenvalue weighted by Gasteiger charge is 2.20. The second kappa shape index (κ2) is 10.5. The molecule has 0 saturated carbocycles. The number of hydrogen-bond acceptors (Lipinski definition) is 7. The van der Waals surface area contributed by atoms with E-state index in [4.69, 9.17) is 9.47 Å². The highest BCUT2D eigenvalue weighted by Crippen LogP contribution is 2.23. The van der Waals surface area contributed by atoms with Gasteiger partial charge in [-0.05, 0) is 30.3 Å². The minimum absolute atomic E-state index is 0.0372. The normalized spacial score (nSPS) is 10.8. The molecule has 3 aromatic rings. The Morgan fingerprint density at radius 3 is 2.48 bits per heavy atom. The topological polar surface area (TPSA) is 137 Å². The molecule has 3 rings (SSSR count). The maximum absolute atomic E-state index is 12.7. The van der Waals surface area contributed by atoms with Crippen molar-refractivity contribution in [1.29, 1.82) is 0 Å². The number of carbonyl (C=O) groups is 1. The number of hydrogen-bond donors (Lipinski definition) is 2. The molecule has 0 aliphatic carbocycles. The van der Waals surface area contributed by atoms with Crippen molar-refractivity contribution >= 4 is 27.3 Å². The van der Waals surface area contributed by atoms with Gasteiger partial charge in [0, 0.05) is 18.2 Å². The largest absolute Gasteiger partial charge is 0.497 e. The van der Waals surface area contributed by atoms with Crippen molar-refractivity contribution in [2.45, 2.75) is 4.90 Å². The highest BCUT2D eigenvalue weighted by molar-refractivity contribution is 7.92. The van der Waals surface area contributed by atoms with Gasteiger partial charge in [0.05, 0.1) is 34.7 Å². The molecule has 0 radical (unpaired) electrons. The Labute approximate surface area is 190 Å². The lowest BCUT2D eigenvalue weighted by atomic mass is 10.1. The second-order valence-electron chi connectivity index (χ2n) is 6.69. The number of benzene rings is 3. The number of nitrogens with one attached hydrogen (secondary N) is 2. The number of nitrogens with zero attached hydrogens (tertiary/aromatic N) is 1. The molecule has 33 heavy (non-hydrogen) atoms. The Kier molecular flexibility index (Phi) is 7.46. The van der Waals surface area contributed by atoms with Crippen molar-refractivity contribution in [2.75, 3.05) is 25.0 Å². The summed E-state index contributed by atoms with van der Waals surface area (Å²) in [6, 6.07) is 17.7. The molecular formula is C22H21N3O7S. The van der Waals surface area contributed by atoms with Gasteiger partial charge in [-0.25, -0.2) is 8.42 Å². The van der Waals surface area contributed by atoms with Gasteiger partial charge in [0.1, 0.15) is 18.1 Å². The standard InChI is InChI=1S/C22H21N3O7S/c1-31-17-7-5-8-18(15-17)32-13-12-23-22(26)20-10-2-3-11-21(20)24-33(29,30)19-9-4-6-16(14-19)25(27)28/h2-11,14-15,24H,12-13H2,1H3,(H,23,26). The lowest BCUT2D eigenvalue weighted by Gasteiger charge is -2.13. The van der Waals surface area contributed by atoms with Crippen LogP contribution in [0, 0.1) is 10.1 Å². The molecule has 0 saturated heterocycles. The minimum atomic E-state index is -4.16. The molecule has 0 aliphatic rings. The number of nitro benzene ring substituents is 1. The number of methoxy groups -OCH3 is 1. The predicted molar refractivity (Wildman–Crippen MR) is 121 cm³/mol. The molecule has 0 atom stereocenters. The van der Waals surface area contributed by atoms with E-state index in [-0.39, 0.29) is 35.0 Å². The Morgan fingerprint density at radius 1 is 1.00 bits per heavy atom. The van der Waals surface area contributed by atoms with Crippen LogP contribution in [0.2, 0.25) is 0 Å². The van der Waals surface area contributed by atoms with E-state index in [1.165, 1.54) is 30.3 Å². The first kappa shape index (κ1) is 23.5. The van der Waals surface area contributed by atoms with E-state index in [0.29, 0.717) is 11.5 Å². The van der Waals surface area contributed by atoms with Crippen LogP contribution in [0.3, 0.4) is 0 Å². The van der Waals surface area contributed by atoms with E-state index in [2.05, 4.69) is 10.0 Å². The van der Waals surface area contributed by atoms with Gasteiger partial charge in [-0.15, -0.1) is 0 Å². The van der Waals surface area contributed by atoms with E-state index in [1.807, 2.05) is 0 Å². The summed E-state index contributed by atoms with van der Waals surface area (Å²) < 4.78 is 38.5. The monoisotopic (exact) mass is 471 g/mol.